The Labute approximate surface area is 187 Å². The molecule has 2 amide bonds. The summed E-state index contributed by atoms with van der Waals surface area (Å²) >= 11 is 0. The Morgan fingerprint density at radius 1 is 1.13 bits per heavy atom. The van der Waals surface area contributed by atoms with Gasteiger partial charge in [-0.2, -0.15) is 0 Å². The zero-order valence-electron chi connectivity index (χ0n) is 19.7. The molecule has 2 N–H and O–H groups in total. The van der Waals surface area contributed by atoms with Gasteiger partial charge in [0.1, 0.15) is 11.6 Å². The molecular weight excluding hydrogens is 390 g/mol. The third-order valence-electron chi connectivity index (χ3n) is 6.22. The van der Waals surface area contributed by atoms with E-state index in [1.165, 1.54) is 5.56 Å². The molecule has 0 aromatic heterocycles. The van der Waals surface area contributed by atoms with Gasteiger partial charge in [0.15, 0.2) is 0 Å². The lowest BCUT2D eigenvalue weighted by molar-refractivity contribution is -0.124. The second-order valence-corrected chi connectivity index (χ2v) is 10.6. The van der Waals surface area contributed by atoms with E-state index in [9.17, 15) is 9.59 Å². The highest BCUT2D eigenvalue weighted by atomic mass is 16.6. The Morgan fingerprint density at radius 3 is 2.48 bits per heavy atom. The first-order valence-electron chi connectivity index (χ1n) is 11.7. The van der Waals surface area contributed by atoms with E-state index >= 15 is 0 Å². The molecule has 1 aliphatic carbocycles. The van der Waals surface area contributed by atoms with Crippen LogP contribution in [0.25, 0.3) is 0 Å². The third-order valence-corrected chi connectivity index (χ3v) is 6.22. The van der Waals surface area contributed by atoms with Crippen LogP contribution < -0.4 is 10.6 Å². The van der Waals surface area contributed by atoms with Crippen LogP contribution in [-0.2, 0) is 16.1 Å². The molecule has 31 heavy (non-hydrogen) atoms. The lowest BCUT2D eigenvalue weighted by atomic mass is 9.97. The standard InChI is InChI=1S/C25H39N3O3/c1-17(2)13-22(27-24(30)31-25(3,4)5)23(29)26-21-12-11-19-15-28(16-20(19)21)14-18-9-7-6-8-10-18/h6-10,17,19-22H,11-16H2,1-5H3,(H,26,29)(H,27,30)/t19-,20+,21+,22-/m0/s1. The van der Waals surface area contributed by atoms with E-state index in [0.717, 1.165) is 32.5 Å². The van der Waals surface area contributed by atoms with Gasteiger partial charge in [-0.15, -0.1) is 0 Å². The second kappa shape index (κ2) is 10.0. The van der Waals surface area contributed by atoms with Gasteiger partial charge in [0.2, 0.25) is 5.91 Å². The Morgan fingerprint density at radius 2 is 1.84 bits per heavy atom. The third kappa shape index (κ3) is 6.96. The molecular formula is C25H39N3O3. The van der Waals surface area contributed by atoms with Gasteiger partial charge in [-0.1, -0.05) is 44.2 Å². The molecule has 0 unspecified atom stereocenters. The van der Waals surface area contributed by atoms with Crippen molar-refractivity contribution in [3.05, 3.63) is 35.9 Å². The molecule has 2 aliphatic rings. The number of hydrogen-bond acceptors (Lipinski definition) is 4. The van der Waals surface area contributed by atoms with Crippen LogP contribution in [0.15, 0.2) is 30.3 Å². The summed E-state index contributed by atoms with van der Waals surface area (Å²) in [7, 11) is 0. The maximum Gasteiger partial charge on any atom is 0.408 e. The average Bonchev–Trinajstić information content (AvgIpc) is 3.21. The number of amides is 2. The van der Waals surface area contributed by atoms with Crippen LogP contribution in [0.3, 0.4) is 0 Å². The van der Waals surface area contributed by atoms with E-state index in [-0.39, 0.29) is 17.9 Å². The topological polar surface area (TPSA) is 70.7 Å². The Balaban J connectivity index is 1.56. The highest BCUT2D eigenvalue weighted by Gasteiger charge is 2.43. The van der Waals surface area contributed by atoms with Crippen LogP contribution in [-0.4, -0.2) is 47.7 Å². The van der Waals surface area contributed by atoms with Crippen molar-refractivity contribution in [1.82, 2.24) is 15.5 Å². The average molecular weight is 430 g/mol. The molecule has 3 rings (SSSR count). The molecule has 1 heterocycles. The first-order valence-corrected chi connectivity index (χ1v) is 11.7. The predicted octanol–water partition coefficient (Wildman–Crippen LogP) is 3.95. The first-order chi connectivity index (χ1) is 14.6. The van der Waals surface area contributed by atoms with E-state index in [0.29, 0.717) is 18.3 Å². The van der Waals surface area contributed by atoms with Crippen molar-refractivity contribution in [2.45, 2.75) is 78.1 Å². The smallest absolute Gasteiger partial charge is 0.408 e. The number of hydrogen-bond donors (Lipinski definition) is 2. The number of carbonyl (C=O) groups excluding carboxylic acids is 2. The second-order valence-electron chi connectivity index (χ2n) is 10.6. The predicted molar refractivity (Wildman–Crippen MR) is 122 cm³/mol. The van der Waals surface area contributed by atoms with Crippen LogP contribution in [0, 0.1) is 17.8 Å². The lowest BCUT2D eigenvalue weighted by Gasteiger charge is -2.27. The minimum absolute atomic E-state index is 0.0910. The van der Waals surface area contributed by atoms with Crippen LogP contribution in [0.2, 0.25) is 0 Å². The van der Waals surface area contributed by atoms with Gasteiger partial charge >= 0.3 is 6.09 Å². The molecule has 4 atom stereocenters. The first kappa shape index (κ1) is 23.6. The Bertz CT molecular complexity index is 744. The van der Waals surface area contributed by atoms with Gasteiger partial charge < -0.3 is 15.4 Å². The van der Waals surface area contributed by atoms with Gasteiger partial charge in [0.25, 0.3) is 0 Å². The van der Waals surface area contributed by atoms with E-state index < -0.39 is 17.7 Å². The van der Waals surface area contributed by atoms with Crippen LogP contribution in [0.4, 0.5) is 4.79 Å². The monoisotopic (exact) mass is 429 g/mol. The van der Waals surface area contributed by atoms with Gasteiger partial charge in [-0.3, -0.25) is 9.69 Å². The number of alkyl carbamates (subject to hydrolysis) is 1. The molecule has 0 spiro atoms. The molecule has 1 aromatic carbocycles. The molecule has 6 heteroatoms. The number of likely N-dealkylation sites (tertiary alicyclic amines) is 1. The van der Waals surface area contributed by atoms with Crippen molar-refractivity contribution < 1.29 is 14.3 Å². The fraction of sp³-hybridized carbons (Fsp3) is 0.680. The van der Waals surface area contributed by atoms with E-state index in [1.807, 2.05) is 26.8 Å². The fourth-order valence-electron chi connectivity index (χ4n) is 4.94. The maximum absolute atomic E-state index is 13.1. The minimum atomic E-state index is -0.590. The molecule has 1 saturated heterocycles. The molecule has 172 valence electrons. The minimum Gasteiger partial charge on any atom is -0.444 e. The highest BCUT2D eigenvalue weighted by molar-refractivity contribution is 5.86. The van der Waals surface area contributed by atoms with Crippen LogP contribution in [0.5, 0.6) is 0 Å². The van der Waals surface area contributed by atoms with Gasteiger partial charge in [-0.05, 0) is 63.4 Å². The van der Waals surface area contributed by atoms with Gasteiger partial charge in [-0.25, -0.2) is 4.79 Å². The van der Waals surface area contributed by atoms with Gasteiger partial charge in [0.05, 0.1) is 0 Å². The summed E-state index contributed by atoms with van der Waals surface area (Å²) in [6, 6.07) is 10.2. The molecule has 1 aliphatic heterocycles. The normalized spacial score (nSPS) is 24.6. The van der Waals surface area contributed by atoms with Crippen molar-refractivity contribution >= 4 is 12.0 Å². The fourth-order valence-corrected chi connectivity index (χ4v) is 4.94. The summed E-state index contributed by atoms with van der Waals surface area (Å²) in [5.41, 5.74) is 0.745. The number of carbonyl (C=O) groups is 2. The van der Waals surface area contributed by atoms with E-state index in [1.54, 1.807) is 0 Å². The molecule has 6 nitrogen and oxygen atoms in total. The summed E-state index contributed by atoms with van der Waals surface area (Å²) in [6.45, 7) is 12.7. The number of nitrogens with zero attached hydrogens (tertiary/aromatic N) is 1. The number of rotatable bonds is 7. The number of fused-ring (bicyclic) bond motifs is 1. The lowest BCUT2D eigenvalue weighted by Crippen LogP contribution is -2.52. The van der Waals surface area contributed by atoms with Gasteiger partial charge in [0, 0.05) is 25.7 Å². The quantitative estimate of drug-likeness (QED) is 0.688. The summed E-state index contributed by atoms with van der Waals surface area (Å²) < 4.78 is 5.37. The van der Waals surface area contributed by atoms with Crippen molar-refractivity contribution in [2.24, 2.45) is 17.8 Å². The number of benzene rings is 1. The Kier molecular flexibility index (Phi) is 7.63. The summed E-state index contributed by atoms with van der Waals surface area (Å²) in [6.07, 6.45) is 2.22. The van der Waals surface area contributed by atoms with E-state index in [2.05, 4.69) is 53.6 Å². The molecule has 0 bridgehead atoms. The summed E-state index contributed by atoms with van der Waals surface area (Å²) in [5.74, 6) is 1.31. The highest BCUT2D eigenvalue weighted by Crippen LogP contribution is 2.38. The van der Waals surface area contributed by atoms with Crippen molar-refractivity contribution in [2.75, 3.05) is 13.1 Å². The maximum atomic E-state index is 13.1. The molecule has 2 fully saturated rings. The molecule has 1 saturated carbocycles. The van der Waals surface area contributed by atoms with Crippen molar-refractivity contribution in [3.63, 3.8) is 0 Å². The molecule has 1 aromatic rings. The summed E-state index contributed by atoms with van der Waals surface area (Å²) in [4.78, 5) is 27.9. The zero-order chi connectivity index (χ0) is 22.6. The van der Waals surface area contributed by atoms with E-state index in [4.69, 9.17) is 4.74 Å². The van der Waals surface area contributed by atoms with Crippen LogP contribution in [0.1, 0.15) is 59.4 Å². The van der Waals surface area contributed by atoms with Crippen molar-refractivity contribution in [1.29, 1.82) is 0 Å². The van der Waals surface area contributed by atoms with Crippen molar-refractivity contribution in [3.8, 4) is 0 Å². The summed E-state index contributed by atoms with van der Waals surface area (Å²) in [5, 5.41) is 6.07. The van der Waals surface area contributed by atoms with Crippen LogP contribution >= 0.6 is 0 Å². The number of ether oxygens (including phenoxy) is 1. The largest absolute Gasteiger partial charge is 0.444 e. The number of nitrogens with one attached hydrogen (secondary N) is 2. The zero-order valence-corrected chi connectivity index (χ0v) is 19.7. The Hall–Kier alpha value is -2.08. The molecule has 0 radical (unpaired) electrons. The SMILES string of the molecule is CC(C)C[C@H](NC(=O)OC(C)(C)C)C(=O)N[C@@H]1CC[C@H]2CN(Cc3ccccc3)C[C@H]21.